The summed E-state index contributed by atoms with van der Waals surface area (Å²) < 4.78 is 0. The molecule has 4 N–H and O–H groups in total. The molecule has 1 atom stereocenters. The molecule has 1 rings (SSSR count). The molecule has 19 heavy (non-hydrogen) atoms. The minimum atomic E-state index is -1.14. The zero-order valence-corrected chi connectivity index (χ0v) is 10.8. The van der Waals surface area contributed by atoms with Gasteiger partial charge in [0, 0.05) is 0 Å². The highest BCUT2D eigenvalue weighted by atomic mass is 16.4. The molecule has 104 valence electrons. The lowest BCUT2D eigenvalue weighted by atomic mass is 10.0. The van der Waals surface area contributed by atoms with Crippen LogP contribution in [-0.2, 0) is 4.79 Å². The molecular weight excluding hydrogens is 250 g/mol. The van der Waals surface area contributed by atoms with Crippen LogP contribution in [0, 0.1) is 5.92 Å². The van der Waals surface area contributed by atoms with Crippen LogP contribution in [0.5, 0.6) is 11.5 Å². The third-order valence-corrected chi connectivity index (χ3v) is 2.54. The minimum absolute atomic E-state index is 0.0965. The number of amides is 1. The van der Waals surface area contributed by atoms with E-state index in [0.29, 0.717) is 0 Å². The van der Waals surface area contributed by atoms with Gasteiger partial charge in [-0.15, -0.1) is 0 Å². The number of rotatable bonds is 5. The fraction of sp³-hybridized carbons (Fsp3) is 0.385. The Bertz CT molecular complexity index is 484. The summed E-state index contributed by atoms with van der Waals surface area (Å²) >= 11 is 0. The summed E-state index contributed by atoms with van der Waals surface area (Å²) in [5.74, 6) is -2.27. The van der Waals surface area contributed by atoms with Gasteiger partial charge in [0.1, 0.15) is 17.5 Å². The Morgan fingerprint density at radius 1 is 1.26 bits per heavy atom. The van der Waals surface area contributed by atoms with E-state index in [1.165, 1.54) is 12.1 Å². The second kappa shape index (κ2) is 6.08. The summed E-state index contributed by atoms with van der Waals surface area (Å²) in [5, 5.41) is 30.1. The molecule has 0 saturated heterocycles. The van der Waals surface area contributed by atoms with Crippen molar-refractivity contribution in [2.45, 2.75) is 26.3 Å². The summed E-state index contributed by atoms with van der Waals surface area (Å²) in [5.41, 5.74) is -0.157. The molecule has 1 aromatic rings. The van der Waals surface area contributed by atoms with E-state index >= 15 is 0 Å². The van der Waals surface area contributed by atoms with E-state index in [4.69, 9.17) is 5.11 Å². The fourth-order valence-corrected chi connectivity index (χ4v) is 1.63. The summed E-state index contributed by atoms with van der Waals surface area (Å²) in [6.07, 6.45) is 0.278. The highest BCUT2D eigenvalue weighted by Crippen LogP contribution is 2.22. The minimum Gasteiger partial charge on any atom is -0.508 e. The van der Waals surface area contributed by atoms with E-state index in [-0.39, 0.29) is 29.4 Å². The molecule has 6 heteroatoms. The molecule has 0 fully saturated rings. The third kappa shape index (κ3) is 4.17. The first-order valence-electron chi connectivity index (χ1n) is 5.87. The number of carboxylic acids is 1. The molecule has 0 aliphatic heterocycles. The summed E-state index contributed by atoms with van der Waals surface area (Å²) in [6.45, 7) is 3.68. The summed E-state index contributed by atoms with van der Waals surface area (Å²) in [4.78, 5) is 22.9. The zero-order chi connectivity index (χ0) is 14.6. The van der Waals surface area contributed by atoms with E-state index in [9.17, 15) is 19.8 Å². The Morgan fingerprint density at radius 3 is 2.42 bits per heavy atom. The largest absolute Gasteiger partial charge is 0.508 e. The first-order valence-corrected chi connectivity index (χ1v) is 5.87. The maximum Gasteiger partial charge on any atom is 0.326 e. The lowest BCUT2D eigenvalue weighted by molar-refractivity contribution is -0.139. The van der Waals surface area contributed by atoms with Crippen LogP contribution in [0.15, 0.2) is 18.2 Å². The van der Waals surface area contributed by atoms with Gasteiger partial charge in [0.05, 0.1) is 5.56 Å². The molecule has 1 amide bonds. The van der Waals surface area contributed by atoms with Crippen LogP contribution in [0.3, 0.4) is 0 Å². The van der Waals surface area contributed by atoms with Gasteiger partial charge in [-0.25, -0.2) is 4.79 Å². The van der Waals surface area contributed by atoms with Crippen LogP contribution >= 0.6 is 0 Å². The van der Waals surface area contributed by atoms with Crippen LogP contribution < -0.4 is 5.32 Å². The van der Waals surface area contributed by atoms with Crippen molar-refractivity contribution in [3.63, 3.8) is 0 Å². The smallest absolute Gasteiger partial charge is 0.326 e. The highest BCUT2D eigenvalue weighted by Gasteiger charge is 2.23. The number of carbonyl (C=O) groups is 2. The Labute approximate surface area is 110 Å². The lowest BCUT2D eigenvalue weighted by Gasteiger charge is -2.16. The van der Waals surface area contributed by atoms with Gasteiger partial charge in [0.25, 0.3) is 5.91 Å². The predicted octanol–water partition coefficient (Wildman–Crippen LogP) is 1.33. The van der Waals surface area contributed by atoms with E-state index in [0.717, 1.165) is 6.07 Å². The van der Waals surface area contributed by atoms with Crippen molar-refractivity contribution in [2.24, 2.45) is 5.92 Å². The van der Waals surface area contributed by atoms with Gasteiger partial charge in [-0.05, 0) is 30.5 Å². The molecule has 0 saturated carbocycles. The van der Waals surface area contributed by atoms with E-state index in [1.54, 1.807) is 0 Å². The van der Waals surface area contributed by atoms with Crippen molar-refractivity contribution in [3.05, 3.63) is 23.8 Å². The molecule has 0 aromatic heterocycles. The van der Waals surface area contributed by atoms with Crippen molar-refractivity contribution in [1.29, 1.82) is 0 Å². The Balaban J connectivity index is 2.87. The van der Waals surface area contributed by atoms with Gasteiger partial charge in [-0.3, -0.25) is 4.79 Å². The maximum absolute atomic E-state index is 11.9. The topological polar surface area (TPSA) is 107 Å². The van der Waals surface area contributed by atoms with Crippen molar-refractivity contribution in [1.82, 2.24) is 5.32 Å². The number of aromatic hydroxyl groups is 2. The number of carbonyl (C=O) groups excluding carboxylic acids is 1. The van der Waals surface area contributed by atoms with E-state index in [2.05, 4.69) is 5.32 Å². The number of hydrogen-bond acceptors (Lipinski definition) is 4. The lowest BCUT2D eigenvalue weighted by Crippen LogP contribution is -2.41. The van der Waals surface area contributed by atoms with Gasteiger partial charge in [0.15, 0.2) is 0 Å². The average Bonchev–Trinajstić information content (AvgIpc) is 2.30. The number of carboxylic acid groups (broad SMARTS) is 1. The molecule has 1 aromatic carbocycles. The molecular formula is C13H17NO5. The van der Waals surface area contributed by atoms with E-state index < -0.39 is 17.9 Å². The first kappa shape index (κ1) is 14.8. The van der Waals surface area contributed by atoms with Crippen LogP contribution in [0.4, 0.5) is 0 Å². The molecule has 0 radical (unpaired) electrons. The SMILES string of the molecule is CC(C)CC(NC(=O)c1cc(O)ccc1O)C(=O)O. The standard InChI is InChI=1S/C13H17NO5/c1-7(2)5-10(13(18)19)14-12(17)9-6-8(15)3-4-11(9)16/h3-4,6-7,10,15-16H,5H2,1-2H3,(H,14,17)(H,18,19). The van der Waals surface area contributed by atoms with Crippen LogP contribution in [0.1, 0.15) is 30.6 Å². The predicted molar refractivity (Wildman–Crippen MR) is 68.1 cm³/mol. The number of aliphatic carboxylic acids is 1. The fourth-order valence-electron chi connectivity index (χ4n) is 1.63. The maximum atomic E-state index is 11.9. The molecule has 1 unspecified atom stereocenters. The van der Waals surface area contributed by atoms with Gasteiger partial charge < -0.3 is 20.6 Å². The number of hydrogen-bond donors (Lipinski definition) is 4. The number of phenolic OH excluding ortho intramolecular Hbond substituents is 2. The molecule has 6 nitrogen and oxygen atoms in total. The molecule has 0 bridgehead atoms. The quantitative estimate of drug-likeness (QED) is 0.602. The van der Waals surface area contributed by atoms with E-state index in [1.807, 2.05) is 13.8 Å². The second-order valence-corrected chi connectivity index (χ2v) is 4.70. The van der Waals surface area contributed by atoms with Gasteiger partial charge in [-0.2, -0.15) is 0 Å². The Hall–Kier alpha value is -2.24. The van der Waals surface area contributed by atoms with Gasteiger partial charge >= 0.3 is 5.97 Å². The zero-order valence-electron chi connectivity index (χ0n) is 10.8. The average molecular weight is 267 g/mol. The number of nitrogens with one attached hydrogen (secondary N) is 1. The summed E-state index contributed by atoms with van der Waals surface area (Å²) in [6, 6.07) is 2.45. The van der Waals surface area contributed by atoms with Crippen LogP contribution in [0.2, 0.25) is 0 Å². The van der Waals surface area contributed by atoms with Gasteiger partial charge in [-0.1, -0.05) is 13.8 Å². The third-order valence-electron chi connectivity index (χ3n) is 2.54. The molecule has 0 spiro atoms. The van der Waals surface area contributed by atoms with Crippen molar-refractivity contribution >= 4 is 11.9 Å². The summed E-state index contributed by atoms with van der Waals surface area (Å²) in [7, 11) is 0. The monoisotopic (exact) mass is 267 g/mol. The molecule has 0 aliphatic carbocycles. The Kier molecular flexibility index (Phi) is 4.74. The van der Waals surface area contributed by atoms with Crippen molar-refractivity contribution in [3.8, 4) is 11.5 Å². The van der Waals surface area contributed by atoms with Crippen LogP contribution in [-0.4, -0.2) is 33.2 Å². The van der Waals surface area contributed by atoms with Gasteiger partial charge in [0.2, 0.25) is 0 Å². The first-order chi connectivity index (χ1) is 8.81. The van der Waals surface area contributed by atoms with Crippen LogP contribution in [0.25, 0.3) is 0 Å². The number of phenols is 2. The Morgan fingerprint density at radius 2 is 1.89 bits per heavy atom. The number of benzene rings is 1. The molecule has 0 heterocycles. The highest BCUT2D eigenvalue weighted by molar-refractivity contribution is 5.99. The van der Waals surface area contributed by atoms with Crippen molar-refractivity contribution in [2.75, 3.05) is 0 Å². The normalized spacial score (nSPS) is 12.2. The second-order valence-electron chi connectivity index (χ2n) is 4.70. The van der Waals surface area contributed by atoms with Crippen molar-refractivity contribution < 1.29 is 24.9 Å². The molecule has 0 aliphatic rings.